The number of nitrogens with one attached hydrogen (secondary N) is 1. The van der Waals surface area contributed by atoms with Crippen LogP contribution in [0.25, 0.3) is 0 Å². The van der Waals surface area contributed by atoms with Crippen molar-refractivity contribution in [1.29, 1.82) is 0 Å². The van der Waals surface area contributed by atoms with E-state index in [4.69, 9.17) is 19.8 Å². The molecule has 1 saturated heterocycles. The Hall–Kier alpha value is -4.80. The molecule has 3 aromatic rings. The van der Waals surface area contributed by atoms with Crippen molar-refractivity contribution in [2.24, 2.45) is 0 Å². The van der Waals surface area contributed by atoms with Crippen LogP contribution in [0.1, 0.15) is 28.8 Å². The number of anilines is 2. The van der Waals surface area contributed by atoms with E-state index in [2.05, 4.69) is 27.1 Å². The highest BCUT2D eigenvalue weighted by Gasteiger charge is 2.38. The molecule has 0 saturated carbocycles. The van der Waals surface area contributed by atoms with Gasteiger partial charge in [-0.15, -0.1) is 0 Å². The Morgan fingerprint density at radius 3 is 1.91 bits per heavy atom. The van der Waals surface area contributed by atoms with Gasteiger partial charge in [-0.05, 0) is 67.9 Å². The highest BCUT2D eigenvalue weighted by Crippen LogP contribution is 2.24. The smallest absolute Gasteiger partial charge is 0.475 e. The van der Waals surface area contributed by atoms with Gasteiger partial charge >= 0.3 is 24.3 Å². The number of amides is 1. The van der Waals surface area contributed by atoms with Crippen LogP contribution in [-0.4, -0.2) is 76.5 Å². The number of alkyl halides is 6. The van der Waals surface area contributed by atoms with Gasteiger partial charge in [-0.25, -0.2) is 23.4 Å². The number of aliphatic carboxylic acids is 2. The lowest BCUT2D eigenvalue weighted by Gasteiger charge is -2.37. The first-order valence-corrected chi connectivity index (χ1v) is 13.2. The van der Waals surface area contributed by atoms with E-state index in [9.17, 15) is 39.9 Å². The molecule has 2 aromatic carbocycles. The maximum atomic E-state index is 13.4. The third-order valence-electron chi connectivity index (χ3n) is 6.33. The topological polar surface area (TPSA) is 123 Å². The van der Waals surface area contributed by atoms with Crippen LogP contribution in [0.2, 0.25) is 0 Å². The van der Waals surface area contributed by atoms with Crippen molar-refractivity contribution in [3.8, 4) is 0 Å². The molecule has 4 rings (SSSR count). The van der Waals surface area contributed by atoms with E-state index in [0.29, 0.717) is 23.8 Å². The molecule has 1 aliphatic heterocycles. The van der Waals surface area contributed by atoms with E-state index in [1.807, 2.05) is 12.1 Å². The molecule has 1 amide bonds. The van der Waals surface area contributed by atoms with Crippen molar-refractivity contribution >= 4 is 29.4 Å². The number of carboxylic acids is 2. The van der Waals surface area contributed by atoms with Crippen molar-refractivity contribution in [1.82, 2.24) is 9.88 Å². The number of hydrogen-bond acceptors (Lipinski definition) is 6. The minimum Gasteiger partial charge on any atom is -0.475 e. The molecule has 3 N–H and O–H groups in total. The summed E-state index contributed by atoms with van der Waals surface area (Å²) >= 11 is 0. The summed E-state index contributed by atoms with van der Waals surface area (Å²) in [5.74, 6) is -5.58. The molecule has 0 unspecified atom stereocenters. The maximum absolute atomic E-state index is 13.4. The monoisotopic (exact) mass is 664 g/mol. The molecule has 0 radical (unpaired) electrons. The second-order valence-electron chi connectivity index (χ2n) is 9.73. The number of pyridine rings is 1. The fourth-order valence-corrected chi connectivity index (χ4v) is 4.06. The van der Waals surface area contributed by atoms with Crippen LogP contribution >= 0.6 is 0 Å². The van der Waals surface area contributed by atoms with E-state index in [-0.39, 0.29) is 17.5 Å². The fraction of sp³-hybridized carbons (Fsp3) is 0.310. The zero-order valence-electron chi connectivity index (χ0n) is 23.9. The number of carbonyl (C=O) groups is 3. The zero-order chi connectivity index (χ0) is 34.7. The summed E-state index contributed by atoms with van der Waals surface area (Å²) in [7, 11) is 2.08. The average Bonchev–Trinajstić information content (AvgIpc) is 2.97. The molecule has 1 fully saturated rings. The fourth-order valence-electron chi connectivity index (χ4n) is 4.06. The quantitative estimate of drug-likeness (QED) is 0.275. The van der Waals surface area contributed by atoms with Gasteiger partial charge in [0.05, 0.1) is 0 Å². The second kappa shape index (κ2) is 16.5. The van der Waals surface area contributed by atoms with Crippen molar-refractivity contribution in [3.05, 3.63) is 89.6 Å². The number of rotatable bonds is 6. The van der Waals surface area contributed by atoms with Crippen LogP contribution < -0.4 is 10.2 Å². The van der Waals surface area contributed by atoms with Gasteiger partial charge in [-0.1, -0.05) is 12.1 Å². The summed E-state index contributed by atoms with van der Waals surface area (Å²) in [4.78, 5) is 39.2. The Balaban J connectivity index is 0.000000440. The Morgan fingerprint density at radius 1 is 0.870 bits per heavy atom. The molecule has 17 heteroatoms. The predicted octanol–water partition coefficient (Wildman–Crippen LogP) is 5.98. The number of nitrogens with zero attached hydrogens (tertiary/aromatic N) is 3. The number of benzene rings is 2. The molecule has 0 atom stereocenters. The lowest BCUT2D eigenvalue weighted by molar-refractivity contribution is -0.193. The number of halogens is 8. The van der Waals surface area contributed by atoms with Crippen LogP contribution in [-0.2, 0) is 16.1 Å². The molecule has 0 spiro atoms. The third kappa shape index (κ3) is 12.7. The highest BCUT2D eigenvalue weighted by molar-refractivity contribution is 6.04. The first kappa shape index (κ1) is 37.4. The van der Waals surface area contributed by atoms with Gasteiger partial charge < -0.3 is 20.4 Å². The summed E-state index contributed by atoms with van der Waals surface area (Å²) in [6.45, 7) is 2.41. The summed E-state index contributed by atoms with van der Waals surface area (Å²) in [6, 6.07) is 16.2. The van der Waals surface area contributed by atoms with E-state index in [0.717, 1.165) is 37.3 Å². The van der Waals surface area contributed by atoms with Crippen LogP contribution in [0.5, 0.6) is 0 Å². The summed E-state index contributed by atoms with van der Waals surface area (Å²) < 4.78 is 90.0. The number of carboxylic acid groups (broad SMARTS) is 2. The van der Waals surface area contributed by atoms with Gasteiger partial charge in [-0.2, -0.15) is 26.3 Å². The summed E-state index contributed by atoms with van der Waals surface area (Å²) in [6.07, 6.45) is -6.54. The first-order chi connectivity index (χ1) is 21.4. The van der Waals surface area contributed by atoms with Gasteiger partial charge in [0.1, 0.15) is 17.5 Å². The Labute approximate surface area is 257 Å². The maximum Gasteiger partial charge on any atom is 0.490 e. The number of piperidine rings is 1. The lowest BCUT2D eigenvalue weighted by atomic mass is 10.0. The molecule has 46 heavy (non-hydrogen) atoms. The summed E-state index contributed by atoms with van der Waals surface area (Å²) in [5, 5.41) is 17.1. The van der Waals surface area contributed by atoms with Gasteiger partial charge in [0.15, 0.2) is 0 Å². The number of aromatic nitrogens is 1. The lowest BCUT2D eigenvalue weighted by Crippen LogP contribution is -2.43. The SMILES string of the molecule is CN(Cc1cccc(F)c1)C1CCN(c2cc(NC(=O)c3ccc(F)cc3)ccn2)CC1.O=C(O)C(F)(F)F.O=C(O)C(F)(F)F. The molecule has 0 bridgehead atoms. The minimum absolute atomic E-state index is 0.205. The largest absolute Gasteiger partial charge is 0.490 e. The van der Waals surface area contributed by atoms with Crippen molar-refractivity contribution in [2.75, 3.05) is 30.4 Å². The minimum atomic E-state index is -5.08. The molecular formula is C29H28F8N4O5. The third-order valence-corrected chi connectivity index (χ3v) is 6.33. The van der Waals surface area contributed by atoms with Gasteiger partial charge in [-0.3, -0.25) is 9.69 Å². The standard InChI is InChI=1S/C25H26F2N4O.2C2HF3O2/c1-30(17-18-3-2-4-21(27)15-18)23-10-13-31(14-11-23)24-16-22(9-12-28-24)29-25(32)19-5-7-20(26)8-6-19;2*3-2(4,5)1(6)7/h2-9,12,15-16,23H,10-11,13-14,17H2,1H3,(H,28,29,32);2*(H,6,7). The van der Waals surface area contributed by atoms with Crippen molar-refractivity contribution < 1.29 is 59.7 Å². The Bertz CT molecular complexity index is 1440. The van der Waals surface area contributed by atoms with E-state index in [1.54, 1.807) is 24.4 Å². The molecule has 9 nitrogen and oxygen atoms in total. The van der Waals surface area contributed by atoms with Gasteiger partial charge in [0, 0.05) is 49.2 Å². The molecule has 1 aliphatic rings. The molecule has 1 aromatic heterocycles. The zero-order valence-corrected chi connectivity index (χ0v) is 23.9. The van der Waals surface area contributed by atoms with Crippen molar-refractivity contribution in [2.45, 2.75) is 37.8 Å². The molecular weight excluding hydrogens is 636 g/mol. The van der Waals surface area contributed by atoms with Crippen LogP contribution in [0.3, 0.4) is 0 Å². The molecule has 0 aliphatic carbocycles. The average molecular weight is 665 g/mol. The highest BCUT2D eigenvalue weighted by atomic mass is 19.4. The van der Waals surface area contributed by atoms with Gasteiger partial charge in [0.2, 0.25) is 0 Å². The number of carbonyl (C=O) groups excluding carboxylic acids is 1. The molecule has 2 heterocycles. The predicted molar refractivity (Wildman–Crippen MR) is 149 cm³/mol. The van der Waals surface area contributed by atoms with E-state index >= 15 is 0 Å². The molecule has 250 valence electrons. The first-order valence-electron chi connectivity index (χ1n) is 13.2. The van der Waals surface area contributed by atoms with Crippen LogP contribution in [0.4, 0.5) is 46.6 Å². The van der Waals surface area contributed by atoms with Crippen LogP contribution in [0.15, 0.2) is 66.9 Å². The van der Waals surface area contributed by atoms with E-state index < -0.39 is 24.3 Å². The Morgan fingerprint density at radius 2 is 1.41 bits per heavy atom. The van der Waals surface area contributed by atoms with Crippen molar-refractivity contribution in [3.63, 3.8) is 0 Å². The Kier molecular flexibility index (Phi) is 13.4. The van der Waals surface area contributed by atoms with Gasteiger partial charge in [0.25, 0.3) is 5.91 Å². The summed E-state index contributed by atoms with van der Waals surface area (Å²) in [5.41, 5.74) is 2.02. The normalized spacial score (nSPS) is 13.6. The van der Waals surface area contributed by atoms with Crippen LogP contribution in [0, 0.1) is 11.6 Å². The van der Waals surface area contributed by atoms with E-state index in [1.165, 1.54) is 30.3 Å². The second-order valence-corrected chi connectivity index (χ2v) is 9.73. The number of hydrogen-bond donors (Lipinski definition) is 3.